The molecular weight excluding hydrogens is 290 g/mol. The van der Waals surface area contributed by atoms with E-state index in [2.05, 4.69) is 10.5 Å². The van der Waals surface area contributed by atoms with Crippen molar-refractivity contribution in [1.29, 1.82) is 0 Å². The largest absolute Gasteiger partial charge is 0.497 e. The van der Waals surface area contributed by atoms with Crippen molar-refractivity contribution in [2.75, 3.05) is 19.6 Å². The van der Waals surface area contributed by atoms with Crippen molar-refractivity contribution in [3.05, 3.63) is 53.6 Å². The molecule has 0 heterocycles. The highest BCUT2D eigenvalue weighted by Gasteiger charge is 2.09. The zero-order valence-corrected chi connectivity index (χ0v) is 12.5. The standard InChI is InChI=1S/C16H16F2N2O2/c1-10(13-9-12(21-2)5-7-16(13)22-3)19-20-15-6-4-11(17)8-14(15)18/h4-9,20H,1-3H3/b19-10-. The first-order valence-corrected chi connectivity index (χ1v) is 6.53. The van der Waals surface area contributed by atoms with Gasteiger partial charge in [-0.25, -0.2) is 8.78 Å². The van der Waals surface area contributed by atoms with E-state index in [0.29, 0.717) is 22.8 Å². The van der Waals surface area contributed by atoms with Gasteiger partial charge in [0.25, 0.3) is 0 Å². The maximum atomic E-state index is 13.6. The summed E-state index contributed by atoms with van der Waals surface area (Å²) in [6.07, 6.45) is 0. The first-order chi connectivity index (χ1) is 10.5. The van der Waals surface area contributed by atoms with Gasteiger partial charge in [-0.3, -0.25) is 5.43 Å². The Hall–Kier alpha value is -2.63. The number of hydrazone groups is 1. The van der Waals surface area contributed by atoms with Crippen molar-refractivity contribution >= 4 is 11.4 Å². The van der Waals surface area contributed by atoms with Gasteiger partial charge in [0.05, 0.1) is 25.6 Å². The summed E-state index contributed by atoms with van der Waals surface area (Å²) in [5, 5.41) is 4.11. The molecule has 0 aliphatic rings. The average molecular weight is 306 g/mol. The zero-order valence-electron chi connectivity index (χ0n) is 12.5. The molecule has 0 aromatic heterocycles. The summed E-state index contributed by atoms with van der Waals surface area (Å²) in [5.74, 6) is -0.0888. The molecule has 0 atom stereocenters. The van der Waals surface area contributed by atoms with Gasteiger partial charge in [0, 0.05) is 11.6 Å². The maximum absolute atomic E-state index is 13.6. The lowest BCUT2D eigenvalue weighted by Gasteiger charge is -2.10. The van der Waals surface area contributed by atoms with Gasteiger partial charge in [0.15, 0.2) is 5.82 Å². The molecule has 1 N–H and O–H groups in total. The van der Waals surface area contributed by atoms with Crippen molar-refractivity contribution in [3.63, 3.8) is 0 Å². The number of methoxy groups -OCH3 is 2. The normalized spacial score (nSPS) is 11.2. The molecule has 0 saturated heterocycles. The first kappa shape index (κ1) is 15.8. The molecule has 0 spiro atoms. The lowest BCUT2D eigenvalue weighted by molar-refractivity contribution is 0.402. The van der Waals surface area contributed by atoms with Crippen LogP contribution < -0.4 is 14.9 Å². The van der Waals surface area contributed by atoms with Crippen LogP contribution in [0.15, 0.2) is 41.5 Å². The van der Waals surface area contributed by atoms with Crippen LogP contribution in [0.2, 0.25) is 0 Å². The van der Waals surface area contributed by atoms with Crippen molar-refractivity contribution in [3.8, 4) is 11.5 Å². The molecule has 0 radical (unpaired) electrons. The highest BCUT2D eigenvalue weighted by Crippen LogP contribution is 2.25. The highest BCUT2D eigenvalue weighted by atomic mass is 19.1. The van der Waals surface area contributed by atoms with E-state index >= 15 is 0 Å². The molecule has 0 amide bonds. The van der Waals surface area contributed by atoms with E-state index in [9.17, 15) is 8.78 Å². The number of nitrogens with zero attached hydrogens (tertiary/aromatic N) is 1. The van der Waals surface area contributed by atoms with Crippen LogP contribution in [0, 0.1) is 11.6 Å². The van der Waals surface area contributed by atoms with Crippen molar-refractivity contribution in [2.45, 2.75) is 6.92 Å². The third-order valence-corrected chi connectivity index (χ3v) is 3.07. The Morgan fingerprint density at radius 1 is 1.05 bits per heavy atom. The van der Waals surface area contributed by atoms with Crippen LogP contribution in [0.1, 0.15) is 12.5 Å². The fourth-order valence-corrected chi connectivity index (χ4v) is 1.88. The molecule has 116 valence electrons. The second-order valence-electron chi connectivity index (χ2n) is 4.50. The predicted molar refractivity (Wildman–Crippen MR) is 81.7 cm³/mol. The van der Waals surface area contributed by atoms with Crippen LogP contribution in [0.25, 0.3) is 0 Å². The van der Waals surface area contributed by atoms with Gasteiger partial charge in [0.2, 0.25) is 0 Å². The number of nitrogens with one attached hydrogen (secondary N) is 1. The minimum Gasteiger partial charge on any atom is -0.497 e. The topological polar surface area (TPSA) is 42.9 Å². The Balaban J connectivity index is 2.28. The predicted octanol–water partition coefficient (Wildman–Crippen LogP) is 3.82. The van der Waals surface area contributed by atoms with Gasteiger partial charge >= 0.3 is 0 Å². The monoisotopic (exact) mass is 306 g/mol. The molecule has 2 aromatic rings. The second kappa shape index (κ2) is 6.89. The molecule has 0 aliphatic heterocycles. The summed E-state index contributed by atoms with van der Waals surface area (Å²) >= 11 is 0. The Labute approximate surface area is 127 Å². The lowest BCUT2D eigenvalue weighted by Crippen LogP contribution is -2.04. The zero-order chi connectivity index (χ0) is 16.1. The summed E-state index contributed by atoms with van der Waals surface area (Å²) in [6, 6.07) is 8.51. The SMILES string of the molecule is COc1ccc(OC)c(/C(C)=N\Nc2ccc(F)cc2F)c1. The Morgan fingerprint density at radius 3 is 2.45 bits per heavy atom. The number of anilines is 1. The van der Waals surface area contributed by atoms with Crippen LogP contribution in [-0.4, -0.2) is 19.9 Å². The molecule has 0 bridgehead atoms. The first-order valence-electron chi connectivity index (χ1n) is 6.53. The number of hydrogen-bond donors (Lipinski definition) is 1. The quantitative estimate of drug-likeness (QED) is 0.674. The van der Waals surface area contributed by atoms with E-state index in [1.165, 1.54) is 6.07 Å². The molecule has 0 unspecified atom stereocenters. The second-order valence-corrected chi connectivity index (χ2v) is 4.50. The van der Waals surface area contributed by atoms with Gasteiger partial charge in [-0.2, -0.15) is 5.10 Å². The summed E-state index contributed by atoms with van der Waals surface area (Å²) < 4.78 is 36.8. The lowest BCUT2D eigenvalue weighted by atomic mass is 10.1. The third-order valence-electron chi connectivity index (χ3n) is 3.07. The smallest absolute Gasteiger partial charge is 0.151 e. The molecule has 0 saturated carbocycles. The number of ether oxygens (including phenoxy) is 2. The molecule has 6 heteroatoms. The Bertz CT molecular complexity index is 703. The third kappa shape index (κ3) is 3.52. The molecule has 0 aliphatic carbocycles. The number of hydrogen-bond acceptors (Lipinski definition) is 4. The summed E-state index contributed by atoms with van der Waals surface area (Å²) in [5.41, 5.74) is 3.94. The fraction of sp³-hybridized carbons (Fsp3) is 0.188. The van der Waals surface area contributed by atoms with Gasteiger partial charge in [-0.15, -0.1) is 0 Å². The Kier molecular flexibility index (Phi) is 4.93. The highest BCUT2D eigenvalue weighted by molar-refractivity contribution is 6.01. The minimum absolute atomic E-state index is 0.0858. The number of benzene rings is 2. The van der Waals surface area contributed by atoms with Crippen LogP contribution in [0.4, 0.5) is 14.5 Å². The van der Waals surface area contributed by atoms with E-state index < -0.39 is 11.6 Å². The van der Waals surface area contributed by atoms with E-state index in [4.69, 9.17) is 9.47 Å². The fourth-order valence-electron chi connectivity index (χ4n) is 1.88. The molecule has 2 aromatic carbocycles. The summed E-state index contributed by atoms with van der Waals surface area (Å²) in [6.45, 7) is 1.74. The molecule has 0 fully saturated rings. The Morgan fingerprint density at radius 2 is 1.82 bits per heavy atom. The van der Waals surface area contributed by atoms with Crippen LogP contribution in [0.5, 0.6) is 11.5 Å². The minimum atomic E-state index is -0.714. The van der Waals surface area contributed by atoms with Crippen LogP contribution in [0.3, 0.4) is 0 Å². The molecule has 2 rings (SSSR count). The molecule has 22 heavy (non-hydrogen) atoms. The number of halogens is 2. The van der Waals surface area contributed by atoms with Crippen LogP contribution in [-0.2, 0) is 0 Å². The van der Waals surface area contributed by atoms with Gasteiger partial charge < -0.3 is 9.47 Å². The van der Waals surface area contributed by atoms with Gasteiger partial charge in [-0.1, -0.05) is 0 Å². The molecule has 4 nitrogen and oxygen atoms in total. The summed E-state index contributed by atoms with van der Waals surface area (Å²) in [7, 11) is 3.11. The van der Waals surface area contributed by atoms with E-state index in [1.807, 2.05) is 0 Å². The van der Waals surface area contributed by atoms with E-state index in [0.717, 1.165) is 12.1 Å². The maximum Gasteiger partial charge on any atom is 0.151 e. The number of rotatable bonds is 5. The summed E-state index contributed by atoms with van der Waals surface area (Å²) in [4.78, 5) is 0. The van der Waals surface area contributed by atoms with Gasteiger partial charge in [0.1, 0.15) is 17.3 Å². The van der Waals surface area contributed by atoms with Crippen molar-refractivity contribution < 1.29 is 18.3 Å². The average Bonchev–Trinajstić information content (AvgIpc) is 2.53. The van der Waals surface area contributed by atoms with E-state index in [-0.39, 0.29) is 5.69 Å². The van der Waals surface area contributed by atoms with Gasteiger partial charge in [-0.05, 0) is 37.3 Å². The van der Waals surface area contributed by atoms with Crippen molar-refractivity contribution in [2.24, 2.45) is 5.10 Å². The molecular formula is C16H16F2N2O2. The van der Waals surface area contributed by atoms with Crippen molar-refractivity contribution in [1.82, 2.24) is 0 Å². The van der Waals surface area contributed by atoms with Crippen LogP contribution >= 0.6 is 0 Å². The van der Waals surface area contributed by atoms with E-state index in [1.54, 1.807) is 39.3 Å².